The van der Waals surface area contributed by atoms with Crippen LogP contribution in [-0.4, -0.2) is 17.6 Å². The number of halogens is 3. The van der Waals surface area contributed by atoms with Gasteiger partial charge in [0.05, 0.1) is 17.9 Å². The van der Waals surface area contributed by atoms with Gasteiger partial charge in [0.2, 0.25) is 5.95 Å². The molecule has 0 atom stereocenters. The molecule has 0 fully saturated rings. The molecule has 7 heteroatoms. The molecule has 0 unspecified atom stereocenters. The molecule has 0 aliphatic rings. The van der Waals surface area contributed by atoms with Crippen LogP contribution in [0.25, 0.3) is 0 Å². The molecule has 0 amide bonds. The fourth-order valence-corrected chi connectivity index (χ4v) is 1.34. The lowest BCUT2D eigenvalue weighted by molar-refractivity contribution is 0.0513. The molecule has 1 rings (SSSR count). The van der Waals surface area contributed by atoms with E-state index in [2.05, 4.69) is 9.72 Å². The number of alkyl halides is 2. The van der Waals surface area contributed by atoms with Gasteiger partial charge in [-0.15, -0.1) is 0 Å². The van der Waals surface area contributed by atoms with E-state index in [0.29, 0.717) is 6.07 Å². The molecule has 0 saturated heterocycles. The van der Waals surface area contributed by atoms with Gasteiger partial charge >= 0.3 is 5.97 Å². The lowest BCUT2D eigenvalue weighted by Crippen LogP contribution is -2.16. The van der Waals surface area contributed by atoms with Crippen molar-refractivity contribution in [1.82, 2.24) is 4.98 Å². The van der Waals surface area contributed by atoms with Gasteiger partial charge in [0.15, 0.2) is 0 Å². The second kappa shape index (κ2) is 5.62. The van der Waals surface area contributed by atoms with Gasteiger partial charge in [-0.25, -0.2) is 18.6 Å². The quantitative estimate of drug-likeness (QED) is 0.651. The van der Waals surface area contributed by atoms with E-state index in [4.69, 9.17) is 5.73 Å². The molecule has 4 nitrogen and oxygen atoms in total. The van der Waals surface area contributed by atoms with Crippen LogP contribution < -0.4 is 5.73 Å². The van der Waals surface area contributed by atoms with Gasteiger partial charge in [0.25, 0.3) is 6.43 Å². The van der Waals surface area contributed by atoms with Crippen LogP contribution >= 0.6 is 0 Å². The molecule has 0 saturated carbocycles. The molecule has 0 bridgehead atoms. The van der Waals surface area contributed by atoms with E-state index in [1.807, 2.05) is 0 Å². The normalized spacial score (nSPS) is 10.7. The summed E-state index contributed by atoms with van der Waals surface area (Å²) in [5, 5.41) is 0. The number of rotatable bonds is 4. The molecule has 1 aromatic rings. The van der Waals surface area contributed by atoms with Crippen molar-refractivity contribution in [3.8, 4) is 0 Å². The van der Waals surface area contributed by atoms with Crippen LogP contribution in [0.4, 0.5) is 13.2 Å². The van der Waals surface area contributed by atoms with E-state index in [1.165, 1.54) is 6.92 Å². The van der Waals surface area contributed by atoms with Crippen molar-refractivity contribution in [2.24, 2.45) is 5.73 Å². The molecule has 2 N–H and O–H groups in total. The first-order valence-electron chi connectivity index (χ1n) is 4.85. The number of hydrogen-bond acceptors (Lipinski definition) is 4. The third-order valence-corrected chi connectivity index (χ3v) is 2.00. The average molecular weight is 248 g/mol. The molecule has 0 aromatic carbocycles. The fraction of sp³-hybridized carbons (Fsp3) is 0.400. The van der Waals surface area contributed by atoms with Crippen molar-refractivity contribution in [1.29, 1.82) is 0 Å². The second-order valence-electron chi connectivity index (χ2n) is 3.08. The first kappa shape index (κ1) is 13.4. The highest BCUT2D eigenvalue weighted by molar-refractivity contribution is 5.92. The van der Waals surface area contributed by atoms with Gasteiger partial charge in [0.1, 0.15) is 0 Å². The largest absolute Gasteiger partial charge is 0.462 e. The van der Waals surface area contributed by atoms with Gasteiger partial charge in [0, 0.05) is 18.2 Å². The topological polar surface area (TPSA) is 65.2 Å². The van der Waals surface area contributed by atoms with Crippen molar-refractivity contribution < 1.29 is 22.7 Å². The fourth-order valence-electron chi connectivity index (χ4n) is 1.34. The maximum absolute atomic E-state index is 13.0. The highest BCUT2D eigenvalue weighted by atomic mass is 19.3. The Bertz CT molecular complexity index is 424. The number of carbonyl (C=O) groups is 1. The van der Waals surface area contributed by atoms with Gasteiger partial charge in [-0.1, -0.05) is 0 Å². The van der Waals surface area contributed by atoms with Crippen LogP contribution in [0, 0.1) is 5.95 Å². The van der Waals surface area contributed by atoms with Gasteiger partial charge in [-0.3, -0.25) is 0 Å². The Morgan fingerprint density at radius 1 is 1.59 bits per heavy atom. The number of esters is 1. The minimum atomic E-state index is -3.00. The van der Waals surface area contributed by atoms with Crippen LogP contribution in [0.3, 0.4) is 0 Å². The number of hydrogen-bond donors (Lipinski definition) is 1. The Morgan fingerprint density at radius 2 is 2.24 bits per heavy atom. The third-order valence-electron chi connectivity index (χ3n) is 2.00. The zero-order valence-electron chi connectivity index (χ0n) is 9.04. The minimum Gasteiger partial charge on any atom is -0.462 e. The van der Waals surface area contributed by atoms with Crippen molar-refractivity contribution in [2.75, 3.05) is 6.61 Å². The number of aromatic nitrogens is 1. The zero-order valence-corrected chi connectivity index (χ0v) is 9.04. The summed E-state index contributed by atoms with van der Waals surface area (Å²) in [5.41, 5.74) is 3.80. The van der Waals surface area contributed by atoms with Crippen LogP contribution in [0.5, 0.6) is 0 Å². The van der Waals surface area contributed by atoms with E-state index in [-0.39, 0.29) is 18.8 Å². The summed E-state index contributed by atoms with van der Waals surface area (Å²) in [7, 11) is 0. The molecule has 0 spiro atoms. The Labute approximate surface area is 95.6 Å². The molecule has 0 aliphatic heterocycles. The maximum atomic E-state index is 13.0. The smallest absolute Gasteiger partial charge is 0.340 e. The monoisotopic (exact) mass is 248 g/mol. The van der Waals surface area contributed by atoms with E-state index in [0.717, 1.165) is 0 Å². The number of nitrogens with two attached hydrogens (primary N) is 1. The number of ether oxygens (including phenoxy) is 1. The third kappa shape index (κ3) is 2.94. The van der Waals surface area contributed by atoms with E-state index < -0.39 is 29.5 Å². The van der Waals surface area contributed by atoms with Crippen molar-refractivity contribution in [3.05, 3.63) is 28.8 Å². The summed E-state index contributed by atoms with van der Waals surface area (Å²) < 4.78 is 42.9. The molecular weight excluding hydrogens is 237 g/mol. The summed E-state index contributed by atoms with van der Waals surface area (Å²) in [5.74, 6) is -2.08. The Hall–Kier alpha value is -1.63. The SMILES string of the molecule is CCOC(=O)c1c(C(F)F)cc(F)nc1CN. The second-order valence-corrected chi connectivity index (χ2v) is 3.08. The molecule has 0 aliphatic carbocycles. The zero-order chi connectivity index (χ0) is 13.0. The van der Waals surface area contributed by atoms with Crippen molar-refractivity contribution >= 4 is 5.97 Å². The van der Waals surface area contributed by atoms with E-state index in [9.17, 15) is 18.0 Å². The summed E-state index contributed by atoms with van der Waals surface area (Å²) in [6.45, 7) is 1.22. The molecule has 1 heterocycles. The van der Waals surface area contributed by atoms with E-state index >= 15 is 0 Å². The molecule has 94 valence electrons. The molecule has 1 aromatic heterocycles. The first-order valence-corrected chi connectivity index (χ1v) is 4.85. The minimum absolute atomic E-state index is 0.0168. The molecular formula is C10H11F3N2O2. The number of carbonyl (C=O) groups excluding carboxylic acids is 1. The van der Waals surface area contributed by atoms with Gasteiger partial charge in [-0.05, 0) is 6.92 Å². The first-order chi connectivity index (χ1) is 8.01. The number of pyridine rings is 1. The maximum Gasteiger partial charge on any atom is 0.340 e. The average Bonchev–Trinajstić information content (AvgIpc) is 2.27. The standard InChI is InChI=1S/C10H11F3N2O2/c1-2-17-10(16)8-5(9(12)13)3-7(11)15-6(8)4-14/h3,9H,2,4,14H2,1H3. The van der Waals surface area contributed by atoms with Crippen molar-refractivity contribution in [3.63, 3.8) is 0 Å². The summed E-state index contributed by atoms with van der Waals surface area (Å²) >= 11 is 0. The summed E-state index contributed by atoms with van der Waals surface area (Å²) in [6.07, 6.45) is -3.00. The molecule has 17 heavy (non-hydrogen) atoms. The van der Waals surface area contributed by atoms with E-state index in [1.54, 1.807) is 0 Å². The van der Waals surface area contributed by atoms with Crippen LogP contribution in [-0.2, 0) is 11.3 Å². The summed E-state index contributed by atoms with van der Waals surface area (Å²) in [6, 6.07) is 0.510. The van der Waals surface area contributed by atoms with Crippen LogP contribution in [0.2, 0.25) is 0 Å². The van der Waals surface area contributed by atoms with Crippen molar-refractivity contribution in [2.45, 2.75) is 19.9 Å². The Balaban J connectivity index is 3.36. The lowest BCUT2D eigenvalue weighted by atomic mass is 10.1. The lowest BCUT2D eigenvalue weighted by Gasteiger charge is -2.11. The predicted molar refractivity (Wildman–Crippen MR) is 53.0 cm³/mol. The Morgan fingerprint density at radius 3 is 2.71 bits per heavy atom. The Kier molecular flexibility index (Phi) is 4.45. The number of nitrogens with zero attached hydrogens (tertiary/aromatic N) is 1. The highest BCUT2D eigenvalue weighted by Crippen LogP contribution is 2.26. The van der Waals surface area contributed by atoms with Gasteiger partial charge < -0.3 is 10.5 Å². The summed E-state index contributed by atoms with van der Waals surface area (Å²) in [4.78, 5) is 14.8. The van der Waals surface area contributed by atoms with Crippen LogP contribution in [0.1, 0.15) is 35.0 Å². The molecule has 0 radical (unpaired) electrons. The van der Waals surface area contributed by atoms with Crippen LogP contribution in [0.15, 0.2) is 6.07 Å². The highest BCUT2D eigenvalue weighted by Gasteiger charge is 2.24. The predicted octanol–water partition coefficient (Wildman–Crippen LogP) is 1.79. The van der Waals surface area contributed by atoms with Gasteiger partial charge in [-0.2, -0.15) is 4.39 Å².